The predicted octanol–water partition coefficient (Wildman–Crippen LogP) is 2.67. The van der Waals surface area contributed by atoms with E-state index in [0.29, 0.717) is 16.8 Å². The molecule has 0 radical (unpaired) electrons. The van der Waals surface area contributed by atoms with Gasteiger partial charge in [-0.1, -0.05) is 17.3 Å². The van der Waals surface area contributed by atoms with Crippen molar-refractivity contribution in [3.05, 3.63) is 65.2 Å². The van der Waals surface area contributed by atoms with Crippen LogP contribution in [0.5, 0.6) is 0 Å². The zero-order valence-corrected chi connectivity index (χ0v) is 10.5. The fourth-order valence-corrected chi connectivity index (χ4v) is 1.67. The first kappa shape index (κ1) is 13.8. The van der Waals surface area contributed by atoms with Crippen LogP contribution < -0.4 is 11.1 Å². The lowest BCUT2D eigenvalue weighted by Crippen LogP contribution is -2.14. The molecule has 4 nitrogen and oxygen atoms in total. The topological polar surface area (TPSA) is 70.6 Å². The number of nitrogens with one attached hydrogen (secondary N) is 1. The summed E-state index contributed by atoms with van der Waals surface area (Å²) in [5.41, 5.74) is 6.78. The van der Waals surface area contributed by atoms with Crippen LogP contribution in [0.3, 0.4) is 0 Å². The molecule has 6 heteroatoms. The van der Waals surface area contributed by atoms with Crippen molar-refractivity contribution in [3.63, 3.8) is 0 Å². The first-order chi connectivity index (χ1) is 9.60. The molecule has 0 unspecified atom stereocenters. The van der Waals surface area contributed by atoms with E-state index in [9.17, 15) is 8.78 Å². The first-order valence-electron chi connectivity index (χ1n) is 5.86. The molecule has 0 aliphatic heterocycles. The fraction of sp³-hybridized carbons (Fsp3) is 0.0714. The minimum Gasteiger partial charge on any atom is -0.409 e. The number of hydrogen-bond acceptors (Lipinski definition) is 3. The molecule has 2 aromatic rings. The maximum Gasteiger partial charge on any atom is 0.170 e. The highest BCUT2D eigenvalue weighted by Gasteiger charge is 2.06. The largest absolute Gasteiger partial charge is 0.409 e. The van der Waals surface area contributed by atoms with Gasteiger partial charge in [0.2, 0.25) is 0 Å². The van der Waals surface area contributed by atoms with Crippen LogP contribution in [-0.4, -0.2) is 11.0 Å². The Kier molecular flexibility index (Phi) is 4.14. The predicted molar refractivity (Wildman–Crippen MR) is 72.6 cm³/mol. The van der Waals surface area contributed by atoms with E-state index in [-0.39, 0.29) is 18.2 Å². The molecular weight excluding hydrogens is 264 g/mol. The van der Waals surface area contributed by atoms with Crippen molar-refractivity contribution in [3.8, 4) is 0 Å². The second-order valence-corrected chi connectivity index (χ2v) is 4.15. The van der Waals surface area contributed by atoms with E-state index in [1.807, 2.05) is 0 Å². The molecule has 0 bridgehead atoms. The summed E-state index contributed by atoms with van der Waals surface area (Å²) < 4.78 is 26.6. The highest BCUT2D eigenvalue weighted by molar-refractivity contribution is 5.97. The third kappa shape index (κ3) is 3.23. The van der Waals surface area contributed by atoms with Crippen LogP contribution in [0.2, 0.25) is 0 Å². The van der Waals surface area contributed by atoms with Crippen molar-refractivity contribution in [1.82, 2.24) is 0 Å². The Bertz CT molecular complexity index is 627. The van der Waals surface area contributed by atoms with Gasteiger partial charge in [0.15, 0.2) is 5.84 Å². The lowest BCUT2D eigenvalue weighted by molar-refractivity contribution is 0.318. The van der Waals surface area contributed by atoms with Crippen LogP contribution in [0.15, 0.2) is 47.6 Å². The molecule has 0 fully saturated rings. The quantitative estimate of drug-likeness (QED) is 0.348. The van der Waals surface area contributed by atoms with Crippen molar-refractivity contribution in [2.75, 3.05) is 5.32 Å². The summed E-state index contributed by atoms with van der Waals surface area (Å²) in [6.45, 7) is 0.244. The van der Waals surface area contributed by atoms with Gasteiger partial charge in [-0.15, -0.1) is 0 Å². The number of oxime groups is 1. The summed E-state index contributed by atoms with van der Waals surface area (Å²) in [6, 6.07) is 10.1. The SMILES string of the molecule is NC(=NO)c1ccc(CNc2ccc(F)cc2)c(F)c1. The van der Waals surface area contributed by atoms with E-state index in [1.165, 1.54) is 18.2 Å². The third-order valence-electron chi connectivity index (χ3n) is 2.78. The molecule has 0 atom stereocenters. The van der Waals surface area contributed by atoms with Crippen molar-refractivity contribution < 1.29 is 14.0 Å². The summed E-state index contributed by atoms with van der Waals surface area (Å²) in [5.74, 6) is -0.949. The van der Waals surface area contributed by atoms with Crippen molar-refractivity contribution >= 4 is 11.5 Å². The zero-order chi connectivity index (χ0) is 14.5. The maximum atomic E-state index is 13.8. The molecule has 0 heterocycles. The second-order valence-electron chi connectivity index (χ2n) is 4.15. The molecule has 0 amide bonds. The Balaban J connectivity index is 2.08. The zero-order valence-electron chi connectivity index (χ0n) is 10.5. The Morgan fingerprint density at radius 1 is 1.15 bits per heavy atom. The van der Waals surface area contributed by atoms with E-state index in [2.05, 4.69) is 10.5 Å². The summed E-state index contributed by atoms with van der Waals surface area (Å²) in [6.07, 6.45) is 0. The van der Waals surface area contributed by atoms with Crippen LogP contribution in [0.1, 0.15) is 11.1 Å². The number of benzene rings is 2. The number of nitrogens with two attached hydrogens (primary N) is 1. The number of halogens is 2. The van der Waals surface area contributed by atoms with Gasteiger partial charge in [-0.25, -0.2) is 8.78 Å². The highest BCUT2D eigenvalue weighted by Crippen LogP contribution is 2.14. The smallest absolute Gasteiger partial charge is 0.170 e. The molecule has 4 N–H and O–H groups in total. The van der Waals surface area contributed by atoms with Crippen LogP contribution in [-0.2, 0) is 6.54 Å². The fourth-order valence-electron chi connectivity index (χ4n) is 1.67. The van der Waals surface area contributed by atoms with Crippen LogP contribution in [0.25, 0.3) is 0 Å². The second kappa shape index (κ2) is 6.01. The van der Waals surface area contributed by atoms with E-state index >= 15 is 0 Å². The van der Waals surface area contributed by atoms with Crippen LogP contribution in [0, 0.1) is 11.6 Å². The minimum atomic E-state index is -0.469. The number of rotatable bonds is 4. The summed E-state index contributed by atoms with van der Waals surface area (Å²) in [4.78, 5) is 0. The molecule has 2 rings (SSSR count). The van der Waals surface area contributed by atoms with Gasteiger partial charge < -0.3 is 16.3 Å². The first-order valence-corrected chi connectivity index (χ1v) is 5.86. The molecule has 0 aromatic heterocycles. The molecule has 20 heavy (non-hydrogen) atoms. The monoisotopic (exact) mass is 277 g/mol. The van der Waals surface area contributed by atoms with Crippen molar-refractivity contribution in [2.45, 2.75) is 6.54 Å². The van der Waals surface area contributed by atoms with E-state index in [4.69, 9.17) is 10.9 Å². The molecule has 104 valence electrons. The Morgan fingerprint density at radius 2 is 1.85 bits per heavy atom. The lowest BCUT2D eigenvalue weighted by Gasteiger charge is -2.08. The van der Waals surface area contributed by atoms with Crippen LogP contribution in [0.4, 0.5) is 14.5 Å². The molecule has 0 aliphatic rings. The lowest BCUT2D eigenvalue weighted by atomic mass is 10.1. The molecule has 0 aliphatic carbocycles. The molecular formula is C14H13F2N3O. The normalized spacial score (nSPS) is 11.4. The summed E-state index contributed by atoms with van der Waals surface area (Å²) in [5, 5.41) is 14.3. The number of amidine groups is 1. The van der Waals surface area contributed by atoms with Gasteiger partial charge in [-0.3, -0.25) is 0 Å². The molecule has 0 saturated heterocycles. The van der Waals surface area contributed by atoms with Crippen molar-refractivity contribution in [1.29, 1.82) is 0 Å². The minimum absolute atomic E-state index is 0.151. The summed E-state index contributed by atoms with van der Waals surface area (Å²) >= 11 is 0. The van der Waals surface area contributed by atoms with Gasteiger partial charge in [0.25, 0.3) is 0 Å². The van der Waals surface area contributed by atoms with Gasteiger partial charge in [-0.05, 0) is 30.3 Å². The van der Waals surface area contributed by atoms with Gasteiger partial charge in [0.05, 0.1) is 0 Å². The van der Waals surface area contributed by atoms with Gasteiger partial charge in [-0.2, -0.15) is 0 Å². The maximum absolute atomic E-state index is 13.8. The number of anilines is 1. The van der Waals surface area contributed by atoms with E-state index in [0.717, 1.165) is 0 Å². The average molecular weight is 277 g/mol. The van der Waals surface area contributed by atoms with Crippen LogP contribution >= 0.6 is 0 Å². The van der Waals surface area contributed by atoms with Gasteiger partial charge in [0.1, 0.15) is 11.6 Å². The molecule has 0 spiro atoms. The summed E-state index contributed by atoms with van der Waals surface area (Å²) in [7, 11) is 0. The van der Waals surface area contributed by atoms with Gasteiger partial charge in [0, 0.05) is 23.4 Å². The standard InChI is InChI=1S/C14H13F2N3O/c15-11-3-5-12(6-4-11)18-8-10-2-1-9(7-13(10)16)14(17)19-20/h1-7,18,20H,8H2,(H2,17,19). The Hall–Kier alpha value is -2.63. The Labute approximate surface area is 114 Å². The molecule has 0 saturated carbocycles. The molecule has 2 aromatic carbocycles. The van der Waals surface area contributed by atoms with E-state index in [1.54, 1.807) is 24.3 Å². The average Bonchev–Trinajstić information content (AvgIpc) is 2.46. The van der Waals surface area contributed by atoms with Crippen molar-refractivity contribution in [2.24, 2.45) is 10.9 Å². The third-order valence-corrected chi connectivity index (χ3v) is 2.78. The van der Waals surface area contributed by atoms with E-state index < -0.39 is 5.82 Å². The number of nitrogens with zero attached hydrogens (tertiary/aromatic N) is 1. The Morgan fingerprint density at radius 3 is 2.45 bits per heavy atom. The highest BCUT2D eigenvalue weighted by atomic mass is 19.1. The van der Waals surface area contributed by atoms with Gasteiger partial charge >= 0.3 is 0 Å². The number of hydrogen-bond donors (Lipinski definition) is 3.